The first-order chi connectivity index (χ1) is 6.18. The Labute approximate surface area is 76.4 Å². The van der Waals surface area contributed by atoms with E-state index in [0.717, 1.165) is 17.7 Å². The molecule has 3 nitrogen and oxygen atoms in total. The normalized spacial score (nSPS) is 19.3. The molecule has 0 saturated heterocycles. The molecule has 0 fully saturated rings. The van der Waals surface area contributed by atoms with Gasteiger partial charge < -0.3 is 10.4 Å². The standard InChI is InChI=1S/C10H11NO2/c1-6-5-7-3-2-4-8(10(12)13)9(7)11-6/h2-4,6,11H,5H2,1H3,(H,12,13)/t6-/m0/s1. The minimum atomic E-state index is -0.863. The third-order valence-corrected chi connectivity index (χ3v) is 2.30. The van der Waals surface area contributed by atoms with Crippen molar-refractivity contribution in [1.82, 2.24) is 0 Å². The number of para-hydroxylation sites is 1. The number of carbonyl (C=O) groups is 1. The van der Waals surface area contributed by atoms with E-state index in [9.17, 15) is 4.79 Å². The number of hydrogen-bond acceptors (Lipinski definition) is 2. The SMILES string of the molecule is C[C@H]1Cc2cccc(C(=O)O)c2N1. The van der Waals surface area contributed by atoms with Crippen molar-refractivity contribution in [3.8, 4) is 0 Å². The summed E-state index contributed by atoms with van der Waals surface area (Å²) in [4.78, 5) is 10.8. The van der Waals surface area contributed by atoms with Gasteiger partial charge in [0.25, 0.3) is 0 Å². The maximum absolute atomic E-state index is 10.8. The molecule has 2 N–H and O–H groups in total. The second-order valence-electron chi connectivity index (χ2n) is 3.39. The maximum Gasteiger partial charge on any atom is 0.337 e. The molecule has 1 aliphatic rings. The number of carboxylic acids is 1. The van der Waals surface area contributed by atoms with Crippen LogP contribution in [0.3, 0.4) is 0 Å². The second-order valence-corrected chi connectivity index (χ2v) is 3.39. The van der Waals surface area contributed by atoms with E-state index in [4.69, 9.17) is 5.11 Å². The Balaban J connectivity index is 2.51. The van der Waals surface area contributed by atoms with Crippen LogP contribution in [0.25, 0.3) is 0 Å². The lowest BCUT2D eigenvalue weighted by molar-refractivity contribution is 0.0698. The van der Waals surface area contributed by atoms with Crippen LogP contribution in [0.15, 0.2) is 18.2 Å². The number of carboxylic acid groups (broad SMARTS) is 1. The molecule has 1 aromatic carbocycles. The van der Waals surface area contributed by atoms with Crippen LogP contribution in [0.5, 0.6) is 0 Å². The summed E-state index contributed by atoms with van der Waals surface area (Å²) < 4.78 is 0. The lowest BCUT2D eigenvalue weighted by Crippen LogP contribution is -2.10. The van der Waals surface area contributed by atoms with Crippen molar-refractivity contribution >= 4 is 11.7 Å². The molecule has 0 amide bonds. The highest BCUT2D eigenvalue weighted by Gasteiger charge is 2.21. The summed E-state index contributed by atoms with van der Waals surface area (Å²) in [7, 11) is 0. The molecule has 68 valence electrons. The van der Waals surface area contributed by atoms with Gasteiger partial charge in [0, 0.05) is 6.04 Å². The second kappa shape index (κ2) is 2.76. The molecule has 13 heavy (non-hydrogen) atoms. The van der Waals surface area contributed by atoms with Gasteiger partial charge in [-0.3, -0.25) is 0 Å². The van der Waals surface area contributed by atoms with Crippen LogP contribution in [-0.4, -0.2) is 17.1 Å². The fourth-order valence-corrected chi connectivity index (χ4v) is 1.75. The van der Waals surface area contributed by atoms with E-state index in [-0.39, 0.29) is 0 Å². The van der Waals surface area contributed by atoms with Crippen LogP contribution in [0, 0.1) is 0 Å². The van der Waals surface area contributed by atoms with Crippen LogP contribution in [-0.2, 0) is 6.42 Å². The van der Waals surface area contributed by atoms with Crippen LogP contribution < -0.4 is 5.32 Å². The molecule has 1 atom stereocenters. The fraction of sp³-hybridized carbons (Fsp3) is 0.300. The lowest BCUT2D eigenvalue weighted by Gasteiger charge is -2.05. The van der Waals surface area contributed by atoms with Crippen LogP contribution in [0.1, 0.15) is 22.8 Å². The van der Waals surface area contributed by atoms with E-state index in [1.807, 2.05) is 13.0 Å². The van der Waals surface area contributed by atoms with Crippen molar-refractivity contribution in [1.29, 1.82) is 0 Å². The molecule has 1 heterocycles. The molecule has 0 aromatic heterocycles. The van der Waals surface area contributed by atoms with Crippen LogP contribution >= 0.6 is 0 Å². The van der Waals surface area contributed by atoms with E-state index in [1.54, 1.807) is 12.1 Å². The van der Waals surface area contributed by atoms with Gasteiger partial charge in [-0.15, -0.1) is 0 Å². The van der Waals surface area contributed by atoms with Gasteiger partial charge in [-0.1, -0.05) is 12.1 Å². The van der Waals surface area contributed by atoms with Gasteiger partial charge >= 0.3 is 5.97 Å². The highest BCUT2D eigenvalue weighted by atomic mass is 16.4. The summed E-state index contributed by atoms with van der Waals surface area (Å²) in [5, 5.41) is 12.1. The molecule has 0 aliphatic carbocycles. The Bertz CT molecular complexity index is 360. The molecular formula is C10H11NO2. The summed E-state index contributed by atoms with van der Waals surface area (Å²) in [6, 6.07) is 5.74. The number of nitrogens with one attached hydrogen (secondary N) is 1. The maximum atomic E-state index is 10.8. The first kappa shape index (κ1) is 8.10. The largest absolute Gasteiger partial charge is 0.478 e. The zero-order chi connectivity index (χ0) is 9.42. The molecular weight excluding hydrogens is 166 g/mol. The molecule has 0 bridgehead atoms. The smallest absolute Gasteiger partial charge is 0.337 e. The lowest BCUT2D eigenvalue weighted by atomic mass is 10.1. The minimum Gasteiger partial charge on any atom is -0.478 e. The van der Waals surface area contributed by atoms with Gasteiger partial charge in [-0.2, -0.15) is 0 Å². The Morgan fingerprint density at radius 1 is 1.62 bits per heavy atom. The molecule has 2 rings (SSSR count). The summed E-state index contributed by atoms with van der Waals surface area (Å²) in [6.45, 7) is 2.05. The van der Waals surface area contributed by atoms with E-state index >= 15 is 0 Å². The van der Waals surface area contributed by atoms with Gasteiger partial charge in [-0.05, 0) is 25.0 Å². The number of fused-ring (bicyclic) bond motifs is 1. The summed E-state index contributed by atoms with van der Waals surface area (Å²) in [5.74, 6) is -0.863. The van der Waals surface area contributed by atoms with Gasteiger partial charge in [-0.25, -0.2) is 4.79 Å². The number of anilines is 1. The zero-order valence-corrected chi connectivity index (χ0v) is 7.37. The highest BCUT2D eigenvalue weighted by molar-refractivity contribution is 5.95. The van der Waals surface area contributed by atoms with Crippen molar-refractivity contribution in [3.63, 3.8) is 0 Å². The third kappa shape index (κ3) is 1.26. The minimum absolute atomic E-state index is 0.343. The molecule has 1 aliphatic heterocycles. The Morgan fingerprint density at radius 2 is 2.38 bits per heavy atom. The summed E-state index contributed by atoms with van der Waals surface area (Å²) in [5.41, 5.74) is 2.27. The van der Waals surface area contributed by atoms with Crippen molar-refractivity contribution in [2.75, 3.05) is 5.32 Å². The van der Waals surface area contributed by atoms with Crippen molar-refractivity contribution < 1.29 is 9.90 Å². The first-order valence-corrected chi connectivity index (χ1v) is 4.30. The van der Waals surface area contributed by atoms with Crippen molar-refractivity contribution in [2.45, 2.75) is 19.4 Å². The van der Waals surface area contributed by atoms with Crippen LogP contribution in [0.2, 0.25) is 0 Å². The number of aromatic carboxylic acids is 1. The molecule has 1 aromatic rings. The first-order valence-electron chi connectivity index (χ1n) is 4.30. The third-order valence-electron chi connectivity index (χ3n) is 2.30. The summed E-state index contributed by atoms with van der Waals surface area (Å²) >= 11 is 0. The quantitative estimate of drug-likeness (QED) is 0.687. The Kier molecular flexibility index (Phi) is 1.72. The van der Waals surface area contributed by atoms with Crippen molar-refractivity contribution in [3.05, 3.63) is 29.3 Å². The monoisotopic (exact) mass is 177 g/mol. The molecule has 3 heteroatoms. The highest BCUT2D eigenvalue weighted by Crippen LogP contribution is 2.29. The van der Waals surface area contributed by atoms with Gasteiger partial charge in [0.15, 0.2) is 0 Å². The van der Waals surface area contributed by atoms with Gasteiger partial charge in [0.1, 0.15) is 0 Å². The van der Waals surface area contributed by atoms with Crippen molar-refractivity contribution in [2.24, 2.45) is 0 Å². The fourth-order valence-electron chi connectivity index (χ4n) is 1.75. The molecule has 0 spiro atoms. The molecule has 0 unspecified atom stereocenters. The van der Waals surface area contributed by atoms with Gasteiger partial charge in [0.05, 0.1) is 11.3 Å². The Morgan fingerprint density at radius 3 is 3.08 bits per heavy atom. The molecule has 0 saturated carbocycles. The van der Waals surface area contributed by atoms with E-state index in [1.165, 1.54) is 0 Å². The van der Waals surface area contributed by atoms with E-state index < -0.39 is 5.97 Å². The molecule has 0 radical (unpaired) electrons. The van der Waals surface area contributed by atoms with Crippen LogP contribution in [0.4, 0.5) is 5.69 Å². The zero-order valence-electron chi connectivity index (χ0n) is 7.37. The average molecular weight is 177 g/mol. The topological polar surface area (TPSA) is 49.3 Å². The predicted molar refractivity (Wildman–Crippen MR) is 50.2 cm³/mol. The van der Waals surface area contributed by atoms with E-state index in [0.29, 0.717) is 11.6 Å². The number of benzene rings is 1. The number of hydrogen-bond donors (Lipinski definition) is 2. The Hall–Kier alpha value is -1.51. The average Bonchev–Trinajstić information content (AvgIpc) is 2.43. The number of rotatable bonds is 1. The summed E-state index contributed by atoms with van der Waals surface area (Å²) in [6.07, 6.45) is 0.913. The van der Waals surface area contributed by atoms with Gasteiger partial charge in [0.2, 0.25) is 0 Å². The van der Waals surface area contributed by atoms with E-state index in [2.05, 4.69) is 5.32 Å². The predicted octanol–water partition coefficient (Wildman–Crippen LogP) is 1.74.